The first-order valence-corrected chi connectivity index (χ1v) is 6.57. The molecular formula is C16H22N2O. The van der Waals surface area contributed by atoms with Crippen molar-refractivity contribution in [3.63, 3.8) is 0 Å². The lowest BCUT2D eigenvalue weighted by Gasteiger charge is -2.20. The largest absolute Gasteiger partial charge is 0.384 e. The van der Waals surface area contributed by atoms with Crippen LogP contribution in [-0.4, -0.2) is 14.9 Å². The molecule has 1 unspecified atom stereocenters. The van der Waals surface area contributed by atoms with Gasteiger partial charge in [0.15, 0.2) is 0 Å². The van der Waals surface area contributed by atoms with Crippen molar-refractivity contribution in [3.8, 4) is 0 Å². The van der Waals surface area contributed by atoms with Crippen molar-refractivity contribution in [1.29, 1.82) is 0 Å². The van der Waals surface area contributed by atoms with Crippen molar-refractivity contribution < 1.29 is 5.11 Å². The number of benzene rings is 1. The van der Waals surface area contributed by atoms with Crippen LogP contribution in [0.1, 0.15) is 49.3 Å². The van der Waals surface area contributed by atoms with Crippen molar-refractivity contribution in [1.82, 2.24) is 9.78 Å². The molecule has 0 aliphatic carbocycles. The molecule has 1 aromatic carbocycles. The Morgan fingerprint density at radius 3 is 2.26 bits per heavy atom. The Labute approximate surface area is 114 Å². The van der Waals surface area contributed by atoms with Crippen molar-refractivity contribution >= 4 is 0 Å². The van der Waals surface area contributed by atoms with Crippen LogP contribution in [0.2, 0.25) is 0 Å². The lowest BCUT2D eigenvalue weighted by Crippen LogP contribution is -2.16. The minimum Gasteiger partial charge on any atom is -0.384 e. The SMILES string of the molecule is Cc1ccc(C(O)c2cn(C)nc2C(C)(C)C)cc1. The molecule has 19 heavy (non-hydrogen) atoms. The number of hydrogen-bond donors (Lipinski definition) is 1. The molecule has 0 saturated carbocycles. The van der Waals surface area contributed by atoms with Crippen LogP contribution in [0.3, 0.4) is 0 Å². The smallest absolute Gasteiger partial charge is 0.107 e. The van der Waals surface area contributed by atoms with E-state index in [1.807, 2.05) is 44.4 Å². The minimum atomic E-state index is -0.622. The molecule has 1 N–H and O–H groups in total. The Morgan fingerprint density at radius 2 is 1.74 bits per heavy atom. The minimum absolute atomic E-state index is 0.0811. The average molecular weight is 258 g/mol. The molecule has 102 valence electrons. The molecule has 3 nitrogen and oxygen atoms in total. The van der Waals surface area contributed by atoms with E-state index in [0.717, 1.165) is 16.8 Å². The first-order chi connectivity index (χ1) is 8.79. The topological polar surface area (TPSA) is 38.0 Å². The molecule has 1 aromatic heterocycles. The molecule has 2 aromatic rings. The van der Waals surface area contributed by atoms with Crippen LogP contribution in [0.15, 0.2) is 30.5 Å². The van der Waals surface area contributed by atoms with Crippen LogP contribution >= 0.6 is 0 Å². The second-order valence-corrected chi connectivity index (χ2v) is 6.17. The summed E-state index contributed by atoms with van der Waals surface area (Å²) in [4.78, 5) is 0. The van der Waals surface area contributed by atoms with E-state index in [4.69, 9.17) is 0 Å². The standard InChI is InChI=1S/C16H22N2O/c1-11-6-8-12(9-7-11)14(19)13-10-18(5)17-15(13)16(2,3)4/h6-10,14,19H,1-5H3. The molecular weight excluding hydrogens is 236 g/mol. The zero-order valence-corrected chi connectivity index (χ0v) is 12.3. The molecule has 0 bridgehead atoms. The monoisotopic (exact) mass is 258 g/mol. The number of aliphatic hydroxyl groups excluding tert-OH is 1. The fourth-order valence-electron chi connectivity index (χ4n) is 2.22. The van der Waals surface area contributed by atoms with Gasteiger partial charge in [-0.05, 0) is 12.5 Å². The summed E-state index contributed by atoms with van der Waals surface area (Å²) >= 11 is 0. The third kappa shape index (κ3) is 2.87. The Balaban J connectivity index is 2.44. The van der Waals surface area contributed by atoms with Gasteiger partial charge < -0.3 is 5.11 Å². The quantitative estimate of drug-likeness (QED) is 0.898. The normalized spacial score (nSPS) is 13.6. The van der Waals surface area contributed by atoms with Gasteiger partial charge >= 0.3 is 0 Å². The highest BCUT2D eigenvalue weighted by Gasteiger charge is 2.26. The van der Waals surface area contributed by atoms with E-state index in [-0.39, 0.29) is 5.41 Å². The van der Waals surface area contributed by atoms with Crippen molar-refractivity contribution in [2.45, 2.75) is 39.2 Å². The number of aryl methyl sites for hydroxylation is 2. The summed E-state index contributed by atoms with van der Waals surface area (Å²) in [5.41, 5.74) is 3.85. The molecule has 3 heteroatoms. The number of rotatable bonds is 2. The molecule has 0 amide bonds. The van der Waals surface area contributed by atoms with Gasteiger partial charge in [-0.1, -0.05) is 50.6 Å². The van der Waals surface area contributed by atoms with Crippen LogP contribution in [0.25, 0.3) is 0 Å². The molecule has 0 aliphatic heterocycles. The highest BCUT2D eigenvalue weighted by Crippen LogP contribution is 2.31. The first-order valence-electron chi connectivity index (χ1n) is 6.57. The summed E-state index contributed by atoms with van der Waals surface area (Å²) in [6.45, 7) is 8.38. The number of nitrogens with zero attached hydrogens (tertiary/aromatic N) is 2. The Bertz CT molecular complexity index is 561. The maximum absolute atomic E-state index is 10.6. The second kappa shape index (κ2) is 4.82. The first kappa shape index (κ1) is 13.8. The molecule has 0 saturated heterocycles. The summed E-state index contributed by atoms with van der Waals surface area (Å²) in [6.07, 6.45) is 1.29. The van der Waals surface area contributed by atoms with Gasteiger partial charge in [0.1, 0.15) is 6.10 Å². The molecule has 1 atom stereocenters. The number of aliphatic hydroxyl groups is 1. The van der Waals surface area contributed by atoms with Crippen LogP contribution in [-0.2, 0) is 12.5 Å². The highest BCUT2D eigenvalue weighted by molar-refractivity contribution is 5.35. The summed E-state index contributed by atoms with van der Waals surface area (Å²) in [7, 11) is 1.89. The third-order valence-corrected chi connectivity index (χ3v) is 3.26. The lowest BCUT2D eigenvalue weighted by molar-refractivity contribution is 0.217. The van der Waals surface area contributed by atoms with Gasteiger partial charge in [-0.25, -0.2) is 0 Å². The van der Waals surface area contributed by atoms with Gasteiger partial charge in [-0.15, -0.1) is 0 Å². The molecule has 0 fully saturated rings. The van der Waals surface area contributed by atoms with Gasteiger partial charge in [0.05, 0.1) is 5.69 Å². The molecule has 0 radical (unpaired) electrons. The van der Waals surface area contributed by atoms with Crippen molar-refractivity contribution in [2.75, 3.05) is 0 Å². The molecule has 2 rings (SSSR count). The van der Waals surface area contributed by atoms with E-state index < -0.39 is 6.10 Å². The molecule has 0 spiro atoms. The highest BCUT2D eigenvalue weighted by atomic mass is 16.3. The van der Waals surface area contributed by atoms with E-state index in [1.165, 1.54) is 5.56 Å². The van der Waals surface area contributed by atoms with Gasteiger partial charge in [-0.3, -0.25) is 4.68 Å². The second-order valence-electron chi connectivity index (χ2n) is 6.17. The molecule has 0 aliphatic rings. The Hall–Kier alpha value is -1.61. The summed E-state index contributed by atoms with van der Waals surface area (Å²) < 4.78 is 1.77. The predicted molar refractivity (Wildman–Crippen MR) is 77.1 cm³/mol. The molecule has 1 heterocycles. The fraction of sp³-hybridized carbons (Fsp3) is 0.438. The van der Waals surface area contributed by atoms with Crippen LogP contribution in [0, 0.1) is 6.92 Å². The van der Waals surface area contributed by atoms with Crippen LogP contribution in [0.5, 0.6) is 0 Å². The fourth-order valence-corrected chi connectivity index (χ4v) is 2.22. The van der Waals surface area contributed by atoms with E-state index >= 15 is 0 Å². The van der Waals surface area contributed by atoms with Crippen LogP contribution in [0.4, 0.5) is 0 Å². The lowest BCUT2D eigenvalue weighted by atomic mass is 9.87. The maximum atomic E-state index is 10.6. The third-order valence-electron chi connectivity index (χ3n) is 3.26. The zero-order valence-electron chi connectivity index (χ0n) is 12.3. The maximum Gasteiger partial charge on any atom is 0.107 e. The van der Waals surface area contributed by atoms with E-state index in [0.29, 0.717) is 0 Å². The summed E-state index contributed by atoms with van der Waals surface area (Å²) in [5, 5.41) is 15.1. The van der Waals surface area contributed by atoms with Gasteiger partial charge in [0, 0.05) is 24.2 Å². The summed E-state index contributed by atoms with van der Waals surface area (Å²) in [5.74, 6) is 0. The van der Waals surface area contributed by atoms with Crippen LogP contribution < -0.4 is 0 Å². The Morgan fingerprint density at radius 1 is 1.16 bits per heavy atom. The van der Waals surface area contributed by atoms with E-state index in [1.54, 1.807) is 4.68 Å². The van der Waals surface area contributed by atoms with Gasteiger partial charge in [0.25, 0.3) is 0 Å². The van der Waals surface area contributed by atoms with Gasteiger partial charge in [0.2, 0.25) is 0 Å². The Kier molecular flexibility index (Phi) is 3.50. The van der Waals surface area contributed by atoms with E-state index in [9.17, 15) is 5.11 Å². The van der Waals surface area contributed by atoms with Crippen molar-refractivity contribution in [2.24, 2.45) is 7.05 Å². The van der Waals surface area contributed by atoms with E-state index in [2.05, 4.69) is 25.9 Å². The predicted octanol–water partition coefficient (Wildman–Crippen LogP) is 3.11. The summed E-state index contributed by atoms with van der Waals surface area (Å²) in [6, 6.07) is 7.98. The average Bonchev–Trinajstić information content (AvgIpc) is 2.71. The number of hydrogen-bond acceptors (Lipinski definition) is 2. The van der Waals surface area contributed by atoms with Crippen molar-refractivity contribution in [3.05, 3.63) is 52.8 Å². The zero-order chi connectivity index (χ0) is 14.2. The van der Waals surface area contributed by atoms with Gasteiger partial charge in [-0.2, -0.15) is 5.10 Å². The number of aromatic nitrogens is 2.